The second kappa shape index (κ2) is 24.0. The number of aryl methyl sites for hydroxylation is 2. The normalized spacial score (nSPS) is 13.3. The van der Waals surface area contributed by atoms with Gasteiger partial charge in [-0.2, -0.15) is 0 Å². The van der Waals surface area contributed by atoms with Gasteiger partial charge in [0.25, 0.3) is 0 Å². The highest BCUT2D eigenvalue weighted by molar-refractivity contribution is 5.89. The van der Waals surface area contributed by atoms with Gasteiger partial charge in [0.2, 0.25) is 0 Å². The average Bonchev–Trinajstić information content (AvgIpc) is 3.14. The monoisotopic (exact) mass is 679 g/mol. The predicted octanol–water partition coefficient (Wildman–Crippen LogP) is 4.27. The van der Waals surface area contributed by atoms with Gasteiger partial charge in [0.15, 0.2) is 0 Å². The molecule has 270 valence electrons. The summed E-state index contributed by atoms with van der Waals surface area (Å²) in [5, 5.41) is 7.69. The van der Waals surface area contributed by atoms with Crippen molar-refractivity contribution in [3.05, 3.63) is 54.0 Å². The number of carbonyl (C=O) groups excluding carboxylic acids is 1. The number of para-hydroxylation sites is 1. The molecule has 0 bridgehead atoms. The van der Waals surface area contributed by atoms with Gasteiger partial charge in [-0.15, -0.1) is 0 Å². The molecule has 49 heavy (non-hydrogen) atoms. The number of anilines is 2. The Morgan fingerprint density at radius 1 is 0.837 bits per heavy atom. The molecule has 0 saturated carbocycles. The molecule has 4 N–H and O–H groups in total. The summed E-state index contributed by atoms with van der Waals surface area (Å²) in [4.78, 5) is 28.1. The Kier molecular flexibility index (Phi) is 18.9. The summed E-state index contributed by atoms with van der Waals surface area (Å²) in [5.41, 5.74) is 8.71. The first-order valence-electron chi connectivity index (χ1n) is 18.1. The van der Waals surface area contributed by atoms with E-state index in [2.05, 4.69) is 37.6 Å². The second-order valence-corrected chi connectivity index (χ2v) is 12.4. The number of hydrogen-bond donors (Lipinski definition) is 3. The number of ether oxygens (including phenoxy) is 4. The summed E-state index contributed by atoms with van der Waals surface area (Å²) in [7, 11) is 0. The summed E-state index contributed by atoms with van der Waals surface area (Å²) in [5.74, 6) is 1.74. The lowest BCUT2D eigenvalue weighted by Crippen LogP contribution is -2.34. The Balaban J connectivity index is 1.14. The first-order chi connectivity index (χ1) is 24.3. The molecule has 1 aliphatic rings. The Morgan fingerprint density at radius 3 is 2.41 bits per heavy atom. The van der Waals surface area contributed by atoms with Gasteiger partial charge in [0.05, 0.1) is 51.2 Å². The SMILES string of the molecule is NCCOCCOCCCCCOCCOCCN(CCCCc1ccc2c(n1)NCCC2)CCC(C=O)Nc1ncnc2ccccc12. The van der Waals surface area contributed by atoms with E-state index in [9.17, 15) is 4.79 Å². The Morgan fingerprint density at radius 2 is 1.61 bits per heavy atom. The predicted molar refractivity (Wildman–Crippen MR) is 194 cm³/mol. The number of aldehydes is 1. The van der Waals surface area contributed by atoms with Crippen LogP contribution in [-0.4, -0.2) is 118 Å². The number of rotatable bonds is 28. The fourth-order valence-corrected chi connectivity index (χ4v) is 5.78. The molecular weight excluding hydrogens is 622 g/mol. The van der Waals surface area contributed by atoms with Crippen molar-refractivity contribution in [3.8, 4) is 0 Å². The van der Waals surface area contributed by atoms with E-state index in [1.54, 1.807) is 0 Å². The minimum absolute atomic E-state index is 0.357. The van der Waals surface area contributed by atoms with Crippen molar-refractivity contribution in [2.24, 2.45) is 5.73 Å². The van der Waals surface area contributed by atoms with Gasteiger partial charge in [-0.1, -0.05) is 18.2 Å². The third-order valence-corrected chi connectivity index (χ3v) is 8.53. The third kappa shape index (κ3) is 15.0. The van der Waals surface area contributed by atoms with E-state index >= 15 is 0 Å². The second-order valence-electron chi connectivity index (χ2n) is 12.4. The van der Waals surface area contributed by atoms with E-state index in [4.69, 9.17) is 29.7 Å². The molecule has 3 heterocycles. The molecule has 0 fully saturated rings. The van der Waals surface area contributed by atoms with Crippen molar-refractivity contribution in [2.45, 2.75) is 63.8 Å². The number of nitrogens with one attached hydrogen (secondary N) is 2. The average molecular weight is 680 g/mol. The van der Waals surface area contributed by atoms with E-state index < -0.39 is 0 Å². The van der Waals surface area contributed by atoms with Crippen LogP contribution in [0.5, 0.6) is 0 Å². The topological polar surface area (TPSA) is 146 Å². The molecule has 12 nitrogen and oxygen atoms in total. The molecule has 0 amide bonds. The first-order valence-corrected chi connectivity index (χ1v) is 18.1. The van der Waals surface area contributed by atoms with Gasteiger partial charge in [0, 0.05) is 50.5 Å². The number of unbranched alkanes of at least 4 members (excludes halogenated alkanes) is 3. The maximum Gasteiger partial charge on any atom is 0.142 e. The van der Waals surface area contributed by atoms with E-state index in [1.165, 1.54) is 18.3 Å². The number of fused-ring (bicyclic) bond motifs is 2. The minimum Gasteiger partial charge on any atom is -0.379 e. The van der Waals surface area contributed by atoms with Crippen LogP contribution in [0.2, 0.25) is 0 Å². The molecule has 0 spiro atoms. The van der Waals surface area contributed by atoms with Crippen LogP contribution < -0.4 is 16.4 Å². The Hall–Kier alpha value is -3.26. The highest BCUT2D eigenvalue weighted by Gasteiger charge is 2.14. The minimum atomic E-state index is -0.357. The standard InChI is InChI=1S/C37H57N7O5/c38-16-23-48-27-25-46-21-6-1-7-22-47-26-28-49-24-20-44(18-5-4-10-32-14-13-31-9-8-17-39-36(31)42-32)19-15-33(29-45)43-37-34-11-2-3-12-35(34)40-30-41-37/h2-3,11-14,29-30,33H,1,4-10,15-28,38H2,(H,39,42)(H,40,41,43). The maximum absolute atomic E-state index is 12.1. The van der Waals surface area contributed by atoms with E-state index in [0.29, 0.717) is 58.4 Å². The number of nitrogens with zero attached hydrogens (tertiary/aromatic N) is 4. The molecular formula is C37H57N7O5. The van der Waals surface area contributed by atoms with Crippen molar-refractivity contribution in [2.75, 3.05) is 96.2 Å². The molecule has 3 aromatic rings. The lowest BCUT2D eigenvalue weighted by molar-refractivity contribution is -0.108. The Labute approximate surface area is 291 Å². The molecule has 12 heteroatoms. The third-order valence-electron chi connectivity index (χ3n) is 8.53. The molecule has 2 aromatic heterocycles. The van der Waals surface area contributed by atoms with Gasteiger partial charge in [-0.05, 0) is 88.1 Å². The van der Waals surface area contributed by atoms with Crippen LogP contribution >= 0.6 is 0 Å². The fourth-order valence-electron chi connectivity index (χ4n) is 5.78. The smallest absolute Gasteiger partial charge is 0.142 e. The number of pyridine rings is 1. The molecule has 1 unspecified atom stereocenters. The summed E-state index contributed by atoms with van der Waals surface area (Å²) >= 11 is 0. The number of hydrogen-bond acceptors (Lipinski definition) is 12. The lowest BCUT2D eigenvalue weighted by Gasteiger charge is -2.24. The highest BCUT2D eigenvalue weighted by atomic mass is 16.5. The van der Waals surface area contributed by atoms with Gasteiger partial charge in [-0.3, -0.25) is 0 Å². The summed E-state index contributed by atoms with van der Waals surface area (Å²) < 4.78 is 22.6. The van der Waals surface area contributed by atoms with E-state index in [-0.39, 0.29) is 6.04 Å². The first kappa shape index (κ1) is 38.5. The lowest BCUT2D eigenvalue weighted by atomic mass is 10.1. The van der Waals surface area contributed by atoms with Crippen molar-refractivity contribution >= 4 is 28.8 Å². The molecule has 4 rings (SSSR count). The van der Waals surface area contributed by atoms with Gasteiger partial charge in [-0.25, -0.2) is 15.0 Å². The van der Waals surface area contributed by atoms with Crippen LogP contribution in [0.3, 0.4) is 0 Å². The maximum atomic E-state index is 12.1. The zero-order chi connectivity index (χ0) is 34.2. The molecule has 0 aliphatic carbocycles. The van der Waals surface area contributed by atoms with Crippen LogP contribution in [-0.2, 0) is 36.6 Å². The van der Waals surface area contributed by atoms with Crippen molar-refractivity contribution in [1.29, 1.82) is 0 Å². The summed E-state index contributed by atoms with van der Waals surface area (Å²) in [6.07, 6.45) is 11.6. The van der Waals surface area contributed by atoms with Crippen molar-refractivity contribution in [1.82, 2.24) is 19.9 Å². The number of aromatic nitrogens is 3. The van der Waals surface area contributed by atoms with Crippen LogP contribution in [0.4, 0.5) is 11.6 Å². The number of carbonyl (C=O) groups is 1. The van der Waals surface area contributed by atoms with Crippen LogP contribution in [0, 0.1) is 0 Å². The fraction of sp³-hybridized carbons (Fsp3) is 0.622. The van der Waals surface area contributed by atoms with E-state index in [0.717, 1.165) is 113 Å². The van der Waals surface area contributed by atoms with Gasteiger partial charge < -0.3 is 45.0 Å². The molecule has 0 radical (unpaired) electrons. The molecule has 1 atom stereocenters. The number of benzene rings is 1. The van der Waals surface area contributed by atoms with Crippen molar-refractivity contribution < 1.29 is 23.7 Å². The largest absolute Gasteiger partial charge is 0.379 e. The van der Waals surface area contributed by atoms with Gasteiger partial charge >= 0.3 is 0 Å². The summed E-state index contributed by atoms with van der Waals surface area (Å²) in [6, 6.07) is 11.9. The molecule has 1 aromatic carbocycles. The zero-order valence-electron chi connectivity index (χ0n) is 29.2. The Bertz CT molecular complexity index is 1330. The van der Waals surface area contributed by atoms with E-state index in [1.807, 2.05) is 24.3 Å². The van der Waals surface area contributed by atoms with Crippen LogP contribution in [0.25, 0.3) is 10.9 Å². The van der Waals surface area contributed by atoms with Crippen LogP contribution in [0.1, 0.15) is 56.2 Å². The quantitative estimate of drug-likeness (QED) is 0.0744. The molecule has 1 aliphatic heterocycles. The molecule has 0 saturated heterocycles. The zero-order valence-corrected chi connectivity index (χ0v) is 29.2. The van der Waals surface area contributed by atoms with Gasteiger partial charge in [0.1, 0.15) is 24.2 Å². The van der Waals surface area contributed by atoms with Crippen LogP contribution in [0.15, 0.2) is 42.7 Å². The highest BCUT2D eigenvalue weighted by Crippen LogP contribution is 2.21. The number of nitrogens with two attached hydrogens (primary N) is 1. The van der Waals surface area contributed by atoms with Crippen molar-refractivity contribution in [3.63, 3.8) is 0 Å². The summed E-state index contributed by atoms with van der Waals surface area (Å²) in [6.45, 7) is 9.07.